The largest absolute Gasteiger partial charge is 0.459 e. The fraction of sp³-hybridized carbons (Fsp3) is 0.636. The Labute approximate surface area is 157 Å². The van der Waals surface area contributed by atoms with Crippen LogP contribution in [0, 0.1) is 5.92 Å². The molecule has 0 saturated heterocycles. The Bertz CT molecular complexity index is 637. The third kappa shape index (κ3) is 5.58. The summed E-state index contributed by atoms with van der Waals surface area (Å²) >= 11 is 0. The predicted octanol–water partition coefficient (Wildman–Crippen LogP) is 5.04. The number of esters is 2. The van der Waals surface area contributed by atoms with Crippen LogP contribution in [0.3, 0.4) is 0 Å². The average Bonchev–Trinajstić information content (AvgIpc) is 2.86. The second kappa shape index (κ2) is 8.70. The first kappa shape index (κ1) is 20.5. The van der Waals surface area contributed by atoms with Crippen molar-refractivity contribution >= 4 is 11.9 Å². The summed E-state index contributed by atoms with van der Waals surface area (Å²) in [6.45, 7) is 9.53. The van der Waals surface area contributed by atoms with Crippen LogP contribution in [0.2, 0.25) is 0 Å². The maximum Gasteiger partial charge on any atom is 0.334 e. The van der Waals surface area contributed by atoms with Crippen molar-refractivity contribution in [3.8, 4) is 0 Å². The molecule has 2 aliphatic rings. The molecule has 4 nitrogen and oxygen atoms in total. The molecule has 0 spiro atoms. The van der Waals surface area contributed by atoms with Gasteiger partial charge in [0.15, 0.2) is 0 Å². The fourth-order valence-electron chi connectivity index (χ4n) is 3.84. The molecule has 1 aliphatic carbocycles. The van der Waals surface area contributed by atoms with Crippen LogP contribution in [0.1, 0.15) is 73.1 Å². The lowest BCUT2D eigenvalue weighted by atomic mass is 9.81. The molecular weight excluding hydrogens is 328 g/mol. The monoisotopic (exact) mass is 360 g/mol. The average molecular weight is 360 g/mol. The Balaban J connectivity index is 2.30. The van der Waals surface area contributed by atoms with Gasteiger partial charge in [0.2, 0.25) is 0 Å². The number of fused-ring (bicyclic) bond motifs is 1. The van der Waals surface area contributed by atoms with E-state index in [0.29, 0.717) is 6.42 Å². The van der Waals surface area contributed by atoms with Crippen molar-refractivity contribution in [3.63, 3.8) is 0 Å². The summed E-state index contributed by atoms with van der Waals surface area (Å²) in [5, 5.41) is 0. The molecule has 1 aliphatic heterocycles. The Hall–Kier alpha value is -1.84. The number of carbonyl (C=O) groups is 2. The molecule has 0 fully saturated rings. The molecule has 0 saturated carbocycles. The van der Waals surface area contributed by atoms with Gasteiger partial charge >= 0.3 is 11.9 Å². The van der Waals surface area contributed by atoms with E-state index in [4.69, 9.17) is 9.47 Å². The van der Waals surface area contributed by atoms with Crippen molar-refractivity contribution in [1.29, 1.82) is 0 Å². The SMILES string of the molecule is CC(=O)OC(C)(C)C1CC/C(C)=C\CC/C(C)=C\CCC2=C[C@@H]1OC2=O. The van der Waals surface area contributed by atoms with Crippen LogP contribution in [-0.2, 0) is 19.1 Å². The van der Waals surface area contributed by atoms with Gasteiger partial charge in [0.05, 0.1) is 0 Å². The molecule has 2 rings (SSSR count). The maximum absolute atomic E-state index is 12.3. The van der Waals surface area contributed by atoms with Gasteiger partial charge in [-0.1, -0.05) is 23.3 Å². The van der Waals surface area contributed by atoms with Gasteiger partial charge in [-0.2, -0.15) is 0 Å². The molecule has 4 heteroatoms. The molecule has 2 atom stereocenters. The summed E-state index contributed by atoms with van der Waals surface area (Å²) < 4.78 is 11.3. The Morgan fingerprint density at radius 3 is 2.38 bits per heavy atom. The minimum atomic E-state index is -0.698. The van der Waals surface area contributed by atoms with E-state index in [2.05, 4.69) is 26.0 Å². The number of carbonyl (C=O) groups excluding carboxylic acids is 2. The van der Waals surface area contributed by atoms with Crippen molar-refractivity contribution in [1.82, 2.24) is 0 Å². The van der Waals surface area contributed by atoms with E-state index in [9.17, 15) is 9.59 Å². The van der Waals surface area contributed by atoms with E-state index in [0.717, 1.165) is 37.7 Å². The highest BCUT2D eigenvalue weighted by atomic mass is 16.6. The Kier molecular flexibility index (Phi) is 6.85. The second-order valence-electron chi connectivity index (χ2n) is 8.08. The summed E-state index contributed by atoms with van der Waals surface area (Å²) in [4.78, 5) is 23.9. The lowest BCUT2D eigenvalue weighted by molar-refractivity contribution is -0.165. The molecule has 1 unspecified atom stereocenters. The van der Waals surface area contributed by atoms with Gasteiger partial charge in [0, 0.05) is 18.4 Å². The zero-order valence-corrected chi connectivity index (χ0v) is 16.8. The van der Waals surface area contributed by atoms with Crippen molar-refractivity contribution in [2.45, 2.75) is 84.8 Å². The Morgan fingerprint density at radius 2 is 1.73 bits per heavy atom. The molecule has 1 heterocycles. The summed E-state index contributed by atoms with van der Waals surface area (Å²) in [7, 11) is 0. The summed E-state index contributed by atoms with van der Waals surface area (Å²) in [5.74, 6) is -0.612. The van der Waals surface area contributed by atoms with Crippen molar-refractivity contribution in [3.05, 3.63) is 34.9 Å². The van der Waals surface area contributed by atoms with E-state index in [-0.39, 0.29) is 24.0 Å². The summed E-state index contributed by atoms with van der Waals surface area (Å²) in [5.41, 5.74) is 2.74. The van der Waals surface area contributed by atoms with Gasteiger partial charge in [-0.25, -0.2) is 4.79 Å². The molecule has 0 N–H and O–H groups in total. The number of hydrogen-bond donors (Lipinski definition) is 0. The quantitative estimate of drug-likeness (QED) is 0.511. The molecule has 0 aromatic carbocycles. The van der Waals surface area contributed by atoms with Crippen molar-refractivity contribution in [2.75, 3.05) is 0 Å². The maximum atomic E-state index is 12.3. The van der Waals surface area contributed by atoms with E-state index in [1.807, 2.05) is 19.9 Å². The summed E-state index contributed by atoms with van der Waals surface area (Å²) in [6, 6.07) is 0. The van der Waals surface area contributed by atoms with Crippen LogP contribution in [0.25, 0.3) is 0 Å². The molecule has 0 radical (unpaired) electrons. The van der Waals surface area contributed by atoms with Gasteiger partial charge in [-0.05, 0) is 72.3 Å². The third-order valence-corrected chi connectivity index (χ3v) is 5.35. The zero-order chi connectivity index (χ0) is 19.3. The third-order valence-electron chi connectivity index (χ3n) is 5.35. The lowest BCUT2D eigenvalue weighted by Gasteiger charge is -2.36. The van der Waals surface area contributed by atoms with Crippen LogP contribution < -0.4 is 0 Å². The lowest BCUT2D eigenvalue weighted by Crippen LogP contribution is -2.42. The van der Waals surface area contributed by atoms with E-state index in [1.165, 1.54) is 18.1 Å². The molecule has 0 aromatic heterocycles. The molecule has 0 amide bonds. The molecule has 2 bridgehead atoms. The number of hydrogen-bond acceptors (Lipinski definition) is 4. The second-order valence-corrected chi connectivity index (χ2v) is 8.08. The first-order valence-electron chi connectivity index (χ1n) is 9.61. The van der Waals surface area contributed by atoms with Gasteiger partial charge in [0.1, 0.15) is 11.7 Å². The normalized spacial score (nSPS) is 29.4. The first-order valence-corrected chi connectivity index (χ1v) is 9.61. The van der Waals surface area contributed by atoms with Crippen LogP contribution in [0.15, 0.2) is 34.9 Å². The van der Waals surface area contributed by atoms with Crippen LogP contribution in [0.4, 0.5) is 0 Å². The Morgan fingerprint density at radius 1 is 1.12 bits per heavy atom. The predicted molar refractivity (Wildman–Crippen MR) is 103 cm³/mol. The molecular formula is C22H32O4. The molecule has 0 aromatic rings. The molecule has 26 heavy (non-hydrogen) atoms. The number of allylic oxidation sites excluding steroid dienone is 4. The first-order chi connectivity index (χ1) is 12.2. The highest BCUT2D eigenvalue weighted by molar-refractivity contribution is 5.91. The van der Waals surface area contributed by atoms with Crippen molar-refractivity contribution < 1.29 is 19.1 Å². The van der Waals surface area contributed by atoms with Crippen LogP contribution >= 0.6 is 0 Å². The summed E-state index contributed by atoms with van der Waals surface area (Å²) in [6.07, 6.45) is 11.5. The van der Waals surface area contributed by atoms with E-state index in [1.54, 1.807) is 0 Å². The molecule has 144 valence electrons. The number of ether oxygens (including phenoxy) is 2. The highest BCUT2D eigenvalue weighted by Gasteiger charge is 2.42. The highest BCUT2D eigenvalue weighted by Crippen LogP contribution is 2.36. The van der Waals surface area contributed by atoms with Gasteiger partial charge in [-0.15, -0.1) is 0 Å². The van der Waals surface area contributed by atoms with E-state index < -0.39 is 5.60 Å². The minimum Gasteiger partial charge on any atom is -0.459 e. The zero-order valence-electron chi connectivity index (χ0n) is 16.8. The smallest absolute Gasteiger partial charge is 0.334 e. The topological polar surface area (TPSA) is 52.6 Å². The van der Waals surface area contributed by atoms with Crippen molar-refractivity contribution in [2.24, 2.45) is 5.92 Å². The van der Waals surface area contributed by atoms with Crippen LogP contribution in [-0.4, -0.2) is 23.6 Å². The van der Waals surface area contributed by atoms with E-state index >= 15 is 0 Å². The minimum absolute atomic E-state index is 0.0728. The van der Waals surface area contributed by atoms with Gasteiger partial charge in [-0.3, -0.25) is 4.79 Å². The standard InChI is InChI=1S/C22H32O4/c1-15-8-6-9-16(2)12-13-19(22(4,5)26-17(3)23)20-14-18(11-7-10-15)21(24)25-20/h9-10,14,19-20H,6-8,11-13H2,1-5H3/b15-10-,16-9-/t19?,20-/m0/s1. The number of rotatable bonds is 2. The van der Waals surface area contributed by atoms with Gasteiger partial charge < -0.3 is 9.47 Å². The fourth-order valence-corrected chi connectivity index (χ4v) is 3.84. The van der Waals surface area contributed by atoms with Gasteiger partial charge in [0.25, 0.3) is 0 Å². The van der Waals surface area contributed by atoms with Crippen LogP contribution in [0.5, 0.6) is 0 Å².